The Morgan fingerprint density at radius 2 is 1.53 bits per heavy atom. The largest absolute Gasteiger partial charge is 0.430 e. The van der Waals surface area contributed by atoms with Gasteiger partial charge in [0.25, 0.3) is 5.60 Å². The van der Waals surface area contributed by atoms with Crippen molar-refractivity contribution in [1.82, 2.24) is 9.97 Å². The molecule has 34 heavy (non-hydrogen) atoms. The van der Waals surface area contributed by atoms with E-state index in [9.17, 15) is 31.4 Å². The second kappa shape index (κ2) is 8.05. The fourth-order valence-corrected chi connectivity index (χ4v) is 3.97. The molecule has 4 rings (SSSR count). The molecule has 0 atom stereocenters. The Morgan fingerprint density at radius 3 is 2.12 bits per heavy atom. The minimum Gasteiger partial charge on any atom is -0.383 e. The molecular weight excluding hydrogens is 464 g/mol. The highest BCUT2D eigenvalue weighted by Gasteiger charge is 2.71. The van der Waals surface area contributed by atoms with Crippen molar-refractivity contribution in [1.29, 1.82) is 0 Å². The van der Waals surface area contributed by atoms with E-state index in [-0.39, 0.29) is 11.8 Å². The van der Waals surface area contributed by atoms with Crippen LogP contribution in [0, 0.1) is 0 Å². The summed E-state index contributed by atoms with van der Waals surface area (Å²) in [4.78, 5) is 9.94. The number of fused-ring (bicyclic) bond motifs is 1. The molecular formula is C22H19F6N5O. The van der Waals surface area contributed by atoms with Crippen LogP contribution in [0.2, 0.25) is 0 Å². The highest BCUT2D eigenvalue weighted by Crippen LogP contribution is 2.50. The lowest BCUT2D eigenvalue weighted by molar-refractivity contribution is -0.376. The summed E-state index contributed by atoms with van der Waals surface area (Å²) in [6, 6.07) is 8.89. The van der Waals surface area contributed by atoms with Crippen LogP contribution in [-0.2, 0) is 18.6 Å². The van der Waals surface area contributed by atoms with Crippen LogP contribution in [-0.4, -0.2) is 34.0 Å². The van der Waals surface area contributed by atoms with Gasteiger partial charge in [-0.15, -0.1) is 0 Å². The first-order valence-corrected chi connectivity index (χ1v) is 10.0. The van der Waals surface area contributed by atoms with Crippen LogP contribution in [0.25, 0.3) is 11.1 Å². The lowest BCUT2D eigenvalue weighted by Crippen LogP contribution is -2.53. The van der Waals surface area contributed by atoms with E-state index >= 15 is 0 Å². The molecule has 2 heterocycles. The van der Waals surface area contributed by atoms with Crippen LogP contribution >= 0.6 is 0 Å². The molecule has 180 valence electrons. The molecule has 0 fully saturated rings. The Labute approximate surface area is 189 Å². The van der Waals surface area contributed by atoms with E-state index in [1.807, 2.05) is 12.1 Å². The number of rotatable bonds is 4. The number of hydrogen-bond acceptors (Lipinski definition) is 6. The molecule has 0 aliphatic carbocycles. The molecule has 6 nitrogen and oxygen atoms in total. The predicted octanol–water partition coefficient (Wildman–Crippen LogP) is 4.18. The summed E-state index contributed by atoms with van der Waals surface area (Å²) in [6.45, 7) is 1.12. The van der Waals surface area contributed by atoms with Crippen molar-refractivity contribution in [2.24, 2.45) is 0 Å². The summed E-state index contributed by atoms with van der Waals surface area (Å²) in [6.07, 6.45) is -9.63. The van der Waals surface area contributed by atoms with Gasteiger partial charge in [-0.05, 0) is 35.2 Å². The van der Waals surface area contributed by atoms with E-state index in [2.05, 4.69) is 14.9 Å². The second-order valence-electron chi connectivity index (χ2n) is 7.94. The van der Waals surface area contributed by atoms with Crippen LogP contribution in [0.5, 0.6) is 0 Å². The van der Waals surface area contributed by atoms with Gasteiger partial charge in [-0.1, -0.05) is 30.3 Å². The summed E-state index contributed by atoms with van der Waals surface area (Å²) >= 11 is 0. The fourth-order valence-electron chi connectivity index (χ4n) is 3.97. The van der Waals surface area contributed by atoms with Gasteiger partial charge in [0, 0.05) is 36.1 Å². The minimum atomic E-state index is -5.93. The normalized spacial score (nSPS) is 14.4. The summed E-state index contributed by atoms with van der Waals surface area (Å²) in [5, 5.41) is 9.55. The van der Waals surface area contributed by atoms with E-state index < -0.39 is 23.5 Å². The number of aliphatic hydroxyl groups is 1. The highest BCUT2D eigenvalue weighted by molar-refractivity contribution is 5.71. The first kappa shape index (κ1) is 23.6. The Morgan fingerprint density at radius 1 is 0.912 bits per heavy atom. The molecule has 1 aromatic heterocycles. The lowest BCUT2D eigenvalue weighted by Gasteiger charge is -2.32. The number of alkyl halides is 6. The van der Waals surface area contributed by atoms with Crippen LogP contribution < -0.4 is 16.4 Å². The van der Waals surface area contributed by atoms with Gasteiger partial charge in [-0.2, -0.15) is 31.3 Å². The first-order chi connectivity index (χ1) is 15.8. The third kappa shape index (κ3) is 3.98. The van der Waals surface area contributed by atoms with Gasteiger partial charge < -0.3 is 21.5 Å². The fraction of sp³-hybridized carbons (Fsp3) is 0.273. The SMILES string of the molecule is Nc1ncc(CN2CCc3cc(-c4ccc(C(O)(C(F)(F)F)C(F)(F)F)cc4)ccc32)c(N)n1. The third-order valence-corrected chi connectivity index (χ3v) is 5.81. The Hall–Kier alpha value is -3.54. The molecule has 0 spiro atoms. The van der Waals surface area contributed by atoms with Crippen molar-refractivity contribution in [2.75, 3.05) is 22.9 Å². The van der Waals surface area contributed by atoms with Gasteiger partial charge in [0.2, 0.25) is 5.95 Å². The third-order valence-electron chi connectivity index (χ3n) is 5.81. The molecule has 0 saturated heterocycles. The Kier molecular flexibility index (Phi) is 5.59. The van der Waals surface area contributed by atoms with Crippen LogP contribution in [0.15, 0.2) is 48.7 Å². The van der Waals surface area contributed by atoms with E-state index in [0.29, 0.717) is 48.3 Å². The molecule has 1 aliphatic heterocycles. The number of hydrogen-bond donors (Lipinski definition) is 3. The molecule has 0 bridgehead atoms. The molecule has 0 amide bonds. The van der Waals surface area contributed by atoms with Crippen molar-refractivity contribution in [3.63, 3.8) is 0 Å². The zero-order valence-electron chi connectivity index (χ0n) is 17.5. The molecule has 12 heteroatoms. The lowest BCUT2D eigenvalue weighted by atomic mass is 9.90. The number of aromatic nitrogens is 2. The van der Waals surface area contributed by atoms with Gasteiger partial charge >= 0.3 is 12.4 Å². The summed E-state index contributed by atoms with van der Waals surface area (Å²) < 4.78 is 78.6. The van der Waals surface area contributed by atoms with Gasteiger partial charge in [0.15, 0.2) is 0 Å². The van der Waals surface area contributed by atoms with E-state index in [4.69, 9.17) is 11.5 Å². The Bertz CT molecular complexity index is 1200. The van der Waals surface area contributed by atoms with Gasteiger partial charge in [0.1, 0.15) is 5.82 Å². The summed E-state index contributed by atoms with van der Waals surface area (Å²) in [5.41, 5.74) is 8.76. The maximum absolute atomic E-state index is 13.1. The molecule has 5 N–H and O–H groups in total. The van der Waals surface area contributed by atoms with Crippen molar-refractivity contribution in [3.8, 4) is 11.1 Å². The average molecular weight is 483 g/mol. The smallest absolute Gasteiger partial charge is 0.383 e. The maximum atomic E-state index is 13.1. The van der Waals surface area contributed by atoms with Crippen molar-refractivity contribution < 1.29 is 31.4 Å². The maximum Gasteiger partial charge on any atom is 0.430 e. The quantitative estimate of drug-likeness (QED) is 0.482. The first-order valence-electron chi connectivity index (χ1n) is 10.0. The van der Waals surface area contributed by atoms with Gasteiger partial charge in [-0.3, -0.25) is 0 Å². The predicted molar refractivity (Wildman–Crippen MR) is 113 cm³/mol. The summed E-state index contributed by atoms with van der Waals surface area (Å²) in [5.74, 6) is 0.345. The van der Waals surface area contributed by atoms with Gasteiger partial charge in [0.05, 0.1) is 0 Å². The van der Waals surface area contributed by atoms with E-state index in [1.54, 1.807) is 12.3 Å². The topological polar surface area (TPSA) is 101 Å². The zero-order chi connectivity index (χ0) is 24.9. The molecule has 2 aromatic carbocycles. The Balaban J connectivity index is 1.59. The minimum absolute atomic E-state index is 0.0719. The van der Waals surface area contributed by atoms with Crippen molar-refractivity contribution >= 4 is 17.5 Å². The van der Waals surface area contributed by atoms with E-state index in [1.165, 1.54) is 0 Å². The van der Waals surface area contributed by atoms with E-state index in [0.717, 1.165) is 23.4 Å². The van der Waals surface area contributed by atoms with Crippen molar-refractivity contribution in [2.45, 2.75) is 30.9 Å². The molecule has 3 aromatic rings. The monoisotopic (exact) mass is 483 g/mol. The standard InChI is InChI=1S/C22H19F6N5O/c23-21(24,25)20(34,22(26,27)28)16-4-1-12(2-5-16)13-3-6-17-14(9-13)7-8-33(17)11-15-10-31-19(30)32-18(15)29/h1-6,9-10,34H,7-8,11H2,(H4,29,30,31,32). The number of nitrogens with two attached hydrogens (primary N) is 2. The number of nitrogen functional groups attached to an aromatic ring is 2. The second-order valence-corrected chi connectivity index (χ2v) is 7.94. The molecule has 0 unspecified atom stereocenters. The zero-order valence-corrected chi connectivity index (χ0v) is 17.5. The van der Waals surface area contributed by atoms with Crippen LogP contribution in [0.3, 0.4) is 0 Å². The molecule has 0 radical (unpaired) electrons. The van der Waals surface area contributed by atoms with Crippen LogP contribution in [0.4, 0.5) is 43.8 Å². The highest BCUT2D eigenvalue weighted by atomic mass is 19.4. The average Bonchev–Trinajstić information content (AvgIpc) is 3.15. The number of benzene rings is 2. The number of halogens is 6. The number of anilines is 3. The molecule has 1 aliphatic rings. The molecule has 0 saturated carbocycles. The number of nitrogens with zero attached hydrogens (tertiary/aromatic N) is 3. The van der Waals surface area contributed by atoms with Crippen molar-refractivity contribution in [3.05, 3.63) is 65.4 Å². The van der Waals surface area contributed by atoms with Gasteiger partial charge in [-0.25, -0.2) is 4.98 Å². The van der Waals surface area contributed by atoms with Crippen LogP contribution in [0.1, 0.15) is 16.7 Å². The summed E-state index contributed by atoms with van der Waals surface area (Å²) in [7, 11) is 0.